The summed E-state index contributed by atoms with van der Waals surface area (Å²) in [5, 5.41) is 0.346. The van der Waals surface area contributed by atoms with E-state index >= 15 is 0 Å². The van der Waals surface area contributed by atoms with Gasteiger partial charge in [-0.1, -0.05) is 49.4 Å². The summed E-state index contributed by atoms with van der Waals surface area (Å²) in [6, 6.07) is 8.34. The number of allylic oxidation sites excluding steroid dienone is 1. The molecule has 0 saturated carbocycles. The molecule has 0 saturated heterocycles. The van der Waals surface area contributed by atoms with E-state index in [1.807, 2.05) is 19.9 Å². The summed E-state index contributed by atoms with van der Waals surface area (Å²) in [5.41, 5.74) is 2.59. The number of hydrogen-bond acceptors (Lipinski definition) is 3. The van der Waals surface area contributed by atoms with Gasteiger partial charge in [0.2, 0.25) is 0 Å². The molecule has 0 aliphatic carbocycles. The summed E-state index contributed by atoms with van der Waals surface area (Å²) < 4.78 is 27.5. The van der Waals surface area contributed by atoms with Crippen molar-refractivity contribution in [1.29, 1.82) is 0 Å². The minimum absolute atomic E-state index is 0.229. The zero-order valence-electron chi connectivity index (χ0n) is 14.5. The molecular formula is C19H21ClN2O2S. The number of halogens is 1. The summed E-state index contributed by atoms with van der Waals surface area (Å²) in [7, 11) is -3.72. The number of rotatable bonds is 6. The quantitative estimate of drug-likeness (QED) is 0.670. The van der Waals surface area contributed by atoms with Crippen LogP contribution in [0, 0.1) is 0 Å². The van der Waals surface area contributed by atoms with Crippen LogP contribution in [0.4, 0.5) is 0 Å². The molecule has 2 rings (SSSR count). The maximum atomic E-state index is 13.1. The summed E-state index contributed by atoms with van der Waals surface area (Å²) in [4.78, 5) is 4.41. The Morgan fingerprint density at radius 1 is 1.32 bits per heavy atom. The van der Waals surface area contributed by atoms with E-state index in [0.29, 0.717) is 28.5 Å². The van der Waals surface area contributed by atoms with Gasteiger partial charge in [-0.05, 0) is 44.0 Å². The highest BCUT2D eigenvalue weighted by Gasteiger charge is 2.24. The van der Waals surface area contributed by atoms with E-state index in [2.05, 4.69) is 11.6 Å². The lowest BCUT2D eigenvalue weighted by molar-refractivity contribution is 0.587. The summed E-state index contributed by atoms with van der Waals surface area (Å²) in [6.07, 6.45) is 5.81. The van der Waals surface area contributed by atoms with Gasteiger partial charge in [-0.15, -0.1) is 0 Å². The molecule has 0 aliphatic rings. The second-order valence-electron chi connectivity index (χ2n) is 5.43. The van der Waals surface area contributed by atoms with E-state index in [0.717, 1.165) is 5.56 Å². The van der Waals surface area contributed by atoms with Gasteiger partial charge in [0.1, 0.15) is 5.17 Å². The predicted molar refractivity (Wildman–Crippen MR) is 106 cm³/mol. The average molecular weight is 377 g/mol. The van der Waals surface area contributed by atoms with Crippen molar-refractivity contribution in [2.75, 3.05) is 0 Å². The second kappa shape index (κ2) is 7.85. The molecule has 2 aromatic rings. The molecule has 1 heterocycles. The summed E-state index contributed by atoms with van der Waals surface area (Å²) in [6.45, 7) is 9.41. The topological polar surface area (TPSA) is 51.4 Å². The zero-order valence-corrected chi connectivity index (χ0v) is 16.1. The van der Waals surface area contributed by atoms with Crippen LogP contribution < -0.4 is 0 Å². The number of aliphatic imine (C=N–C) groups is 1. The fraction of sp³-hybridized carbons (Fsp3) is 0.211. The van der Waals surface area contributed by atoms with E-state index < -0.39 is 10.0 Å². The van der Waals surface area contributed by atoms with E-state index in [4.69, 9.17) is 11.6 Å². The SMILES string of the molecule is C=C(/N=C(\C)Cl)c1cn(S(=O)(=O)c2ccccc2)c(/C=C\C)c1CC. The smallest absolute Gasteiger partial charge is 0.241 e. The fourth-order valence-electron chi connectivity index (χ4n) is 2.64. The van der Waals surface area contributed by atoms with Crippen molar-refractivity contribution < 1.29 is 8.42 Å². The van der Waals surface area contributed by atoms with Crippen LogP contribution in [0.2, 0.25) is 0 Å². The molecule has 0 spiro atoms. The molecule has 0 unspecified atom stereocenters. The minimum Gasteiger partial charge on any atom is -0.241 e. The molecular weight excluding hydrogens is 356 g/mol. The number of aromatic nitrogens is 1. The van der Waals surface area contributed by atoms with E-state index in [1.54, 1.807) is 49.5 Å². The molecule has 6 heteroatoms. The molecule has 25 heavy (non-hydrogen) atoms. The molecule has 1 aromatic carbocycles. The molecule has 1 aromatic heterocycles. The first-order valence-electron chi connectivity index (χ1n) is 7.90. The van der Waals surface area contributed by atoms with Crippen molar-refractivity contribution in [2.45, 2.75) is 32.1 Å². The molecule has 132 valence electrons. The van der Waals surface area contributed by atoms with Crippen LogP contribution in [-0.2, 0) is 16.4 Å². The van der Waals surface area contributed by atoms with Gasteiger partial charge in [0.05, 0.1) is 16.3 Å². The molecule has 0 bridgehead atoms. The Morgan fingerprint density at radius 3 is 2.48 bits per heavy atom. The van der Waals surface area contributed by atoms with Gasteiger partial charge in [0, 0.05) is 11.8 Å². The number of benzene rings is 1. The van der Waals surface area contributed by atoms with Crippen molar-refractivity contribution in [3.8, 4) is 0 Å². The molecule has 0 aliphatic heterocycles. The van der Waals surface area contributed by atoms with Gasteiger partial charge >= 0.3 is 0 Å². The maximum absolute atomic E-state index is 13.1. The van der Waals surface area contributed by atoms with Gasteiger partial charge in [0.15, 0.2) is 0 Å². The Hall–Kier alpha value is -2.11. The van der Waals surface area contributed by atoms with Crippen LogP contribution in [0.5, 0.6) is 0 Å². The number of nitrogens with zero attached hydrogens (tertiary/aromatic N) is 2. The number of hydrogen-bond donors (Lipinski definition) is 0. The monoisotopic (exact) mass is 376 g/mol. The predicted octanol–water partition coefficient (Wildman–Crippen LogP) is 4.95. The molecule has 0 radical (unpaired) electrons. The van der Waals surface area contributed by atoms with Crippen LogP contribution in [0.3, 0.4) is 0 Å². The van der Waals surface area contributed by atoms with Gasteiger partial charge in [0.25, 0.3) is 10.0 Å². The summed E-state index contributed by atoms with van der Waals surface area (Å²) >= 11 is 5.86. The third-order valence-electron chi connectivity index (χ3n) is 3.70. The fourth-order valence-corrected chi connectivity index (χ4v) is 4.14. The zero-order chi connectivity index (χ0) is 18.6. The molecule has 4 nitrogen and oxygen atoms in total. The molecule has 0 amide bonds. The van der Waals surface area contributed by atoms with Crippen LogP contribution in [-0.4, -0.2) is 17.6 Å². The van der Waals surface area contributed by atoms with Gasteiger partial charge in [-0.25, -0.2) is 17.4 Å². The standard InChI is InChI=1S/C19H21ClN2O2S/c1-5-10-19-17(6-2)18(14(3)21-15(4)20)13-22(19)25(23,24)16-11-8-7-9-12-16/h5,7-13H,3,6H2,1-2,4H3/b10-5-,21-15+. The Morgan fingerprint density at radius 2 is 1.96 bits per heavy atom. The normalized spacial score (nSPS) is 12.7. The largest absolute Gasteiger partial charge is 0.268 e. The van der Waals surface area contributed by atoms with Crippen LogP contribution >= 0.6 is 11.6 Å². The lowest BCUT2D eigenvalue weighted by atomic mass is 10.1. The Balaban J connectivity index is 2.76. The molecule has 0 fully saturated rings. The Bertz CT molecular complexity index is 935. The Kier molecular flexibility index (Phi) is 6.03. The van der Waals surface area contributed by atoms with Crippen molar-refractivity contribution >= 4 is 38.6 Å². The van der Waals surface area contributed by atoms with Crippen LogP contribution in [0.15, 0.2) is 59.1 Å². The maximum Gasteiger partial charge on any atom is 0.268 e. The first-order chi connectivity index (χ1) is 11.8. The first-order valence-corrected chi connectivity index (χ1v) is 9.72. The first kappa shape index (κ1) is 19.2. The van der Waals surface area contributed by atoms with Gasteiger partial charge in [-0.3, -0.25) is 0 Å². The van der Waals surface area contributed by atoms with Crippen LogP contribution in [0.1, 0.15) is 37.6 Å². The Labute approximate surface area is 154 Å². The van der Waals surface area contributed by atoms with Crippen molar-refractivity contribution in [3.05, 3.63) is 66.0 Å². The third-order valence-corrected chi connectivity index (χ3v) is 5.47. The van der Waals surface area contributed by atoms with Gasteiger partial charge < -0.3 is 0 Å². The van der Waals surface area contributed by atoms with Crippen molar-refractivity contribution in [3.63, 3.8) is 0 Å². The van der Waals surface area contributed by atoms with Gasteiger partial charge in [-0.2, -0.15) is 0 Å². The molecule has 0 N–H and O–H groups in total. The summed E-state index contributed by atoms with van der Waals surface area (Å²) in [5.74, 6) is 0. The van der Waals surface area contributed by atoms with E-state index in [1.165, 1.54) is 3.97 Å². The highest BCUT2D eigenvalue weighted by atomic mass is 35.5. The highest BCUT2D eigenvalue weighted by molar-refractivity contribution is 7.90. The molecule has 0 atom stereocenters. The van der Waals surface area contributed by atoms with Crippen LogP contribution in [0.25, 0.3) is 11.8 Å². The second-order valence-corrected chi connectivity index (χ2v) is 7.79. The third kappa shape index (κ3) is 3.94. The van der Waals surface area contributed by atoms with E-state index in [9.17, 15) is 8.42 Å². The van der Waals surface area contributed by atoms with Crippen molar-refractivity contribution in [2.24, 2.45) is 4.99 Å². The minimum atomic E-state index is -3.72. The lowest BCUT2D eigenvalue weighted by Crippen LogP contribution is -2.13. The van der Waals surface area contributed by atoms with E-state index in [-0.39, 0.29) is 4.90 Å². The average Bonchev–Trinajstić information content (AvgIpc) is 2.94. The lowest BCUT2D eigenvalue weighted by Gasteiger charge is -2.09. The highest BCUT2D eigenvalue weighted by Crippen LogP contribution is 2.30. The van der Waals surface area contributed by atoms with Crippen molar-refractivity contribution in [1.82, 2.24) is 3.97 Å².